The van der Waals surface area contributed by atoms with Crippen molar-refractivity contribution in [3.05, 3.63) is 24.2 Å². The molecule has 0 bridgehead atoms. The monoisotopic (exact) mass is 383 g/mol. The van der Waals surface area contributed by atoms with Crippen LogP contribution >= 0.6 is 0 Å². The van der Waals surface area contributed by atoms with Gasteiger partial charge in [0.1, 0.15) is 17.2 Å². The number of nitriles is 1. The third-order valence-corrected chi connectivity index (χ3v) is 4.41. The van der Waals surface area contributed by atoms with Crippen LogP contribution in [0.4, 0.5) is 10.6 Å². The number of anilines is 1. The summed E-state index contributed by atoms with van der Waals surface area (Å²) in [6.45, 7) is 9.13. The lowest BCUT2D eigenvalue weighted by molar-refractivity contribution is 0.0158. The van der Waals surface area contributed by atoms with E-state index < -0.39 is 5.60 Å². The zero-order valence-electron chi connectivity index (χ0n) is 16.9. The summed E-state index contributed by atoms with van der Waals surface area (Å²) in [6, 6.07) is 2.09. The molecule has 9 heteroatoms. The molecule has 0 aromatic carbocycles. The van der Waals surface area contributed by atoms with Crippen molar-refractivity contribution in [3.63, 3.8) is 0 Å². The van der Waals surface area contributed by atoms with E-state index in [4.69, 9.17) is 4.74 Å². The zero-order valence-corrected chi connectivity index (χ0v) is 16.9. The molecule has 1 saturated heterocycles. The van der Waals surface area contributed by atoms with E-state index in [-0.39, 0.29) is 12.1 Å². The van der Waals surface area contributed by atoms with Gasteiger partial charge in [-0.2, -0.15) is 10.4 Å². The molecule has 148 valence electrons. The summed E-state index contributed by atoms with van der Waals surface area (Å²) in [6.07, 6.45) is 4.73. The van der Waals surface area contributed by atoms with E-state index in [1.54, 1.807) is 15.8 Å². The van der Waals surface area contributed by atoms with Gasteiger partial charge in [0.15, 0.2) is 11.6 Å². The summed E-state index contributed by atoms with van der Waals surface area (Å²) in [5.74, 6) is 1.09. The van der Waals surface area contributed by atoms with Gasteiger partial charge < -0.3 is 14.5 Å². The van der Waals surface area contributed by atoms with Crippen LogP contribution in [0, 0.1) is 11.3 Å². The second kappa shape index (κ2) is 7.46. The second-order valence-electron chi connectivity index (χ2n) is 7.91. The van der Waals surface area contributed by atoms with Crippen LogP contribution in [0.5, 0.6) is 0 Å². The van der Waals surface area contributed by atoms with E-state index in [0.29, 0.717) is 36.8 Å². The Balaban J connectivity index is 1.81. The molecule has 9 nitrogen and oxygen atoms in total. The number of piperazine rings is 1. The summed E-state index contributed by atoms with van der Waals surface area (Å²) in [7, 11) is 1.83. The summed E-state index contributed by atoms with van der Waals surface area (Å²) >= 11 is 0. The molecule has 1 fully saturated rings. The van der Waals surface area contributed by atoms with Crippen LogP contribution in [0.3, 0.4) is 0 Å². The molecule has 3 rings (SSSR count). The Labute approximate surface area is 164 Å². The highest BCUT2D eigenvalue weighted by molar-refractivity contribution is 5.69. The molecular formula is C19H25N7O2. The molecule has 0 spiro atoms. The molecule has 1 atom stereocenters. The first-order valence-corrected chi connectivity index (χ1v) is 9.18. The number of aromatic nitrogens is 4. The summed E-state index contributed by atoms with van der Waals surface area (Å²) < 4.78 is 7.17. The van der Waals surface area contributed by atoms with Gasteiger partial charge in [-0.1, -0.05) is 0 Å². The minimum Gasteiger partial charge on any atom is -0.444 e. The largest absolute Gasteiger partial charge is 0.444 e. The first-order chi connectivity index (χ1) is 13.2. The first kappa shape index (κ1) is 19.6. The fraction of sp³-hybridized carbons (Fsp3) is 0.526. The van der Waals surface area contributed by atoms with Crippen molar-refractivity contribution in [2.75, 3.05) is 24.5 Å². The van der Waals surface area contributed by atoms with Crippen molar-refractivity contribution in [2.45, 2.75) is 39.3 Å². The van der Waals surface area contributed by atoms with Gasteiger partial charge in [0.05, 0.1) is 18.0 Å². The van der Waals surface area contributed by atoms with Crippen molar-refractivity contribution >= 4 is 11.9 Å². The molecule has 0 unspecified atom stereocenters. The van der Waals surface area contributed by atoms with Crippen LogP contribution < -0.4 is 4.90 Å². The first-order valence-electron chi connectivity index (χ1n) is 9.18. The molecular weight excluding hydrogens is 358 g/mol. The fourth-order valence-electron chi connectivity index (χ4n) is 3.11. The van der Waals surface area contributed by atoms with Crippen molar-refractivity contribution in [2.24, 2.45) is 7.05 Å². The normalized spacial score (nSPS) is 17.4. The van der Waals surface area contributed by atoms with E-state index in [0.717, 1.165) is 5.56 Å². The number of nitrogens with zero attached hydrogens (tertiary/aromatic N) is 7. The number of aryl methyl sites for hydroxylation is 1. The smallest absolute Gasteiger partial charge is 0.410 e. The van der Waals surface area contributed by atoms with Gasteiger partial charge in [-0.25, -0.2) is 14.8 Å². The van der Waals surface area contributed by atoms with Crippen LogP contribution in [-0.2, 0) is 11.8 Å². The number of carbonyl (C=O) groups excluding carboxylic acids is 1. The van der Waals surface area contributed by atoms with E-state index in [2.05, 4.69) is 21.1 Å². The van der Waals surface area contributed by atoms with Gasteiger partial charge in [-0.3, -0.25) is 4.68 Å². The average Bonchev–Trinajstić information content (AvgIpc) is 3.06. The number of hydrogen-bond donors (Lipinski definition) is 0. The maximum Gasteiger partial charge on any atom is 0.410 e. The predicted octanol–water partition coefficient (Wildman–Crippen LogP) is 2.19. The number of rotatable bonds is 2. The van der Waals surface area contributed by atoms with Crippen molar-refractivity contribution < 1.29 is 9.53 Å². The molecule has 1 amide bonds. The Hall–Kier alpha value is -3.15. The minimum absolute atomic E-state index is 0.0769. The van der Waals surface area contributed by atoms with Gasteiger partial charge in [0.2, 0.25) is 0 Å². The maximum atomic E-state index is 12.4. The number of hydrogen-bond acceptors (Lipinski definition) is 7. The lowest BCUT2D eigenvalue weighted by Gasteiger charge is -2.40. The van der Waals surface area contributed by atoms with E-state index in [9.17, 15) is 10.1 Å². The molecule has 1 aliphatic rings. The molecule has 0 N–H and O–H groups in total. The molecule has 1 aliphatic heterocycles. The third kappa shape index (κ3) is 4.22. The molecule has 0 aliphatic carbocycles. The summed E-state index contributed by atoms with van der Waals surface area (Å²) in [5, 5.41) is 13.6. The zero-order chi connectivity index (χ0) is 20.5. The topological polar surface area (TPSA) is 100 Å². The third-order valence-electron chi connectivity index (χ3n) is 4.41. The van der Waals surface area contributed by atoms with Crippen LogP contribution in [0.25, 0.3) is 11.4 Å². The van der Waals surface area contributed by atoms with E-state index >= 15 is 0 Å². The van der Waals surface area contributed by atoms with Gasteiger partial charge >= 0.3 is 6.09 Å². The fourth-order valence-corrected chi connectivity index (χ4v) is 3.11. The van der Waals surface area contributed by atoms with Crippen LogP contribution in [0.15, 0.2) is 18.6 Å². The van der Waals surface area contributed by atoms with Gasteiger partial charge in [0.25, 0.3) is 0 Å². The van der Waals surface area contributed by atoms with Crippen molar-refractivity contribution in [1.29, 1.82) is 5.26 Å². The molecule has 28 heavy (non-hydrogen) atoms. The Bertz CT molecular complexity index is 910. The molecule has 2 aromatic rings. The molecule has 0 radical (unpaired) electrons. The molecule has 0 saturated carbocycles. The van der Waals surface area contributed by atoms with Crippen LogP contribution in [0.2, 0.25) is 0 Å². The maximum absolute atomic E-state index is 12.4. The van der Waals surface area contributed by atoms with Crippen LogP contribution in [-0.4, -0.2) is 62.0 Å². The Kier molecular flexibility index (Phi) is 5.23. The minimum atomic E-state index is -0.535. The summed E-state index contributed by atoms with van der Waals surface area (Å²) in [5.41, 5.74) is 0.659. The van der Waals surface area contributed by atoms with E-state index in [1.165, 1.54) is 6.20 Å². The molecule has 2 aromatic heterocycles. The SMILES string of the molecule is C[C@@H]1CN(c2nc(-c3cnn(C)c3)ncc2C#N)CCN1C(=O)OC(C)(C)C. The highest BCUT2D eigenvalue weighted by atomic mass is 16.6. The second-order valence-corrected chi connectivity index (χ2v) is 7.91. The quantitative estimate of drug-likeness (QED) is 0.783. The van der Waals surface area contributed by atoms with Crippen molar-refractivity contribution in [3.8, 4) is 17.5 Å². The average molecular weight is 383 g/mol. The number of amides is 1. The standard InChI is InChI=1S/C19H25N7O2/c1-13-11-25(6-7-26(13)18(27)28-19(2,3)4)17-14(8-20)9-21-16(23-17)15-10-22-24(5)12-15/h9-10,12-13H,6-7,11H2,1-5H3/t13-/m1/s1. The Morgan fingerprint density at radius 1 is 1.32 bits per heavy atom. The molecule has 3 heterocycles. The lowest BCUT2D eigenvalue weighted by atomic mass is 10.1. The number of ether oxygens (including phenoxy) is 1. The van der Waals surface area contributed by atoms with Gasteiger partial charge in [-0.05, 0) is 27.7 Å². The highest BCUT2D eigenvalue weighted by Crippen LogP contribution is 2.25. The van der Waals surface area contributed by atoms with Gasteiger partial charge in [-0.15, -0.1) is 0 Å². The number of carbonyl (C=O) groups is 1. The Morgan fingerprint density at radius 2 is 2.07 bits per heavy atom. The Morgan fingerprint density at radius 3 is 2.64 bits per heavy atom. The van der Waals surface area contributed by atoms with Crippen LogP contribution in [0.1, 0.15) is 33.3 Å². The predicted molar refractivity (Wildman–Crippen MR) is 104 cm³/mol. The van der Waals surface area contributed by atoms with Crippen molar-refractivity contribution in [1.82, 2.24) is 24.6 Å². The highest BCUT2D eigenvalue weighted by Gasteiger charge is 2.32. The van der Waals surface area contributed by atoms with E-state index in [1.807, 2.05) is 45.8 Å². The lowest BCUT2D eigenvalue weighted by Crippen LogP contribution is -2.55. The van der Waals surface area contributed by atoms with Gasteiger partial charge in [0, 0.05) is 38.9 Å². The summed E-state index contributed by atoms with van der Waals surface area (Å²) in [4.78, 5) is 25.1.